The molecule has 5 heteroatoms. The summed E-state index contributed by atoms with van der Waals surface area (Å²) in [5.74, 6) is 2.39. The molecule has 0 saturated heterocycles. The van der Waals surface area contributed by atoms with Gasteiger partial charge in [0.25, 0.3) is 0 Å². The number of benzene rings is 6. The molecule has 1 aliphatic carbocycles. The molecule has 66 heavy (non-hydrogen) atoms. The van der Waals surface area contributed by atoms with Gasteiger partial charge in [-0.1, -0.05) is 197 Å². The van der Waals surface area contributed by atoms with Crippen molar-refractivity contribution >= 4 is 24.3 Å². The van der Waals surface area contributed by atoms with E-state index in [0.29, 0.717) is 17.8 Å². The summed E-state index contributed by atoms with van der Waals surface area (Å²) >= 11 is 0. The number of para-hydroxylation sites is 3. The van der Waals surface area contributed by atoms with Gasteiger partial charge in [-0.15, -0.1) is 64.2 Å². The average molecular weight is 1060 g/mol. The third kappa shape index (κ3) is 9.24. The van der Waals surface area contributed by atoms with Crippen LogP contribution in [0.5, 0.6) is 0 Å². The fourth-order valence-corrected chi connectivity index (χ4v) is 12.1. The molecular formula is C61H67IrN3Si-2. The molecule has 1 radical (unpaired) electrons. The Morgan fingerprint density at radius 2 is 1.33 bits per heavy atom. The van der Waals surface area contributed by atoms with Crippen molar-refractivity contribution in [3.63, 3.8) is 0 Å². The van der Waals surface area contributed by atoms with Gasteiger partial charge in [0.05, 0.1) is 24.9 Å². The Balaban J connectivity index is 0.000000210. The monoisotopic (exact) mass is 1060 g/mol. The molecule has 3 nitrogen and oxygen atoms in total. The first-order chi connectivity index (χ1) is 31.2. The molecule has 2 aromatic heterocycles. The van der Waals surface area contributed by atoms with Gasteiger partial charge < -0.3 is 9.55 Å². The van der Waals surface area contributed by atoms with E-state index < -0.39 is 8.07 Å². The molecule has 8 aromatic rings. The predicted molar refractivity (Wildman–Crippen MR) is 281 cm³/mol. The Kier molecular flexibility index (Phi) is 14.7. The minimum Gasteiger partial charge on any atom is -0.333 e. The van der Waals surface area contributed by atoms with Crippen molar-refractivity contribution in [1.82, 2.24) is 14.5 Å². The van der Waals surface area contributed by atoms with Crippen molar-refractivity contribution < 1.29 is 20.1 Å². The largest absolute Gasteiger partial charge is 0.333 e. The summed E-state index contributed by atoms with van der Waals surface area (Å²) in [6.07, 6.45) is 5.40. The maximum absolute atomic E-state index is 5.29. The average Bonchev–Trinajstić information content (AvgIpc) is 3.83. The zero-order chi connectivity index (χ0) is 46.2. The number of rotatable bonds is 11. The summed E-state index contributed by atoms with van der Waals surface area (Å²) < 4.78 is 2.42. The molecule has 0 fully saturated rings. The van der Waals surface area contributed by atoms with E-state index in [4.69, 9.17) is 9.97 Å². The van der Waals surface area contributed by atoms with Crippen molar-refractivity contribution in [1.29, 1.82) is 0 Å². The molecule has 0 saturated carbocycles. The van der Waals surface area contributed by atoms with Crippen LogP contribution in [0.4, 0.5) is 0 Å². The van der Waals surface area contributed by atoms with E-state index in [1.54, 1.807) is 0 Å². The van der Waals surface area contributed by atoms with Crippen LogP contribution >= 0.6 is 0 Å². The molecule has 6 aromatic carbocycles. The first-order valence-corrected chi connectivity index (χ1v) is 27.5. The van der Waals surface area contributed by atoms with Crippen LogP contribution in [0.2, 0.25) is 19.6 Å². The molecule has 0 atom stereocenters. The summed E-state index contributed by atoms with van der Waals surface area (Å²) in [5, 5.41) is 1.48. The topological polar surface area (TPSA) is 30.7 Å². The van der Waals surface area contributed by atoms with Gasteiger partial charge in [-0.2, -0.15) is 0 Å². The molecular weight excluding hydrogens is 995 g/mol. The van der Waals surface area contributed by atoms with Crippen LogP contribution in [0, 0.1) is 25.0 Å². The SMILES string of the molecule is CC(C)Cc1cc(-c2[c-]ccc(-c3ccccc3)c2)ncc1[Si](C)(C)C.CCC1(CC)c2ccccc2-c2cc(-c3nc4ccccc4n3-c3c(C(C)C)cccc3C(C)C)[c-]c(C)c21.[Ir]. The van der Waals surface area contributed by atoms with Crippen molar-refractivity contribution in [2.24, 2.45) is 5.92 Å². The summed E-state index contributed by atoms with van der Waals surface area (Å²) in [4.78, 5) is 10.1. The Morgan fingerprint density at radius 3 is 1.98 bits per heavy atom. The van der Waals surface area contributed by atoms with Gasteiger partial charge in [-0.05, 0) is 80.4 Å². The minimum absolute atomic E-state index is 0. The third-order valence-electron chi connectivity index (χ3n) is 13.7. The van der Waals surface area contributed by atoms with Crippen LogP contribution in [-0.4, -0.2) is 22.6 Å². The summed E-state index contributed by atoms with van der Waals surface area (Å²) in [7, 11) is -1.40. The predicted octanol–water partition coefficient (Wildman–Crippen LogP) is 16.1. The number of fused-ring (bicyclic) bond motifs is 4. The van der Waals surface area contributed by atoms with Crippen LogP contribution in [-0.2, 0) is 31.9 Å². The quantitative estimate of drug-likeness (QED) is 0.0955. The minimum atomic E-state index is -1.40. The Hall–Kier alpha value is -5.19. The van der Waals surface area contributed by atoms with E-state index in [0.717, 1.165) is 52.9 Å². The van der Waals surface area contributed by atoms with Crippen LogP contribution in [0.25, 0.3) is 61.6 Å². The van der Waals surface area contributed by atoms with E-state index in [1.165, 1.54) is 66.5 Å². The number of aryl methyl sites for hydroxylation is 1. The van der Waals surface area contributed by atoms with Crippen molar-refractivity contribution in [2.45, 2.75) is 118 Å². The number of imidazole rings is 1. The molecule has 0 aliphatic heterocycles. The van der Waals surface area contributed by atoms with Gasteiger partial charge in [-0.25, -0.2) is 0 Å². The molecule has 2 heterocycles. The van der Waals surface area contributed by atoms with E-state index in [9.17, 15) is 0 Å². The normalized spacial score (nSPS) is 12.8. The first-order valence-electron chi connectivity index (χ1n) is 24.0. The van der Waals surface area contributed by atoms with E-state index >= 15 is 0 Å². The second-order valence-electron chi connectivity index (χ2n) is 20.2. The van der Waals surface area contributed by atoms with Gasteiger partial charge in [-0.3, -0.25) is 4.98 Å². The van der Waals surface area contributed by atoms with Gasteiger partial charge >= 0.3 is 0 Å². The number of pyridine rings is 1. The van der Waals surface area contributed by atoms with E-state index in [-0.39, 0.29) is 25.5 Å². The fraction of sp³-hybridized carbons (Fsp3) is 0.311. The van der Waals surface area contributed by atoms with Crippen molar-refractivity contribution in [2.75, 3.05) is 0 Å². The smallest absolute Gasteiger partial charge is 0.0798 e. The van der Waals surface area contributed by atoms with Crippen LogP contribution in [0.15, 0.2) is 134 Å². The molecule has 0 unspecified atom stereocenters. The Labute approximate surface area is 410 Å². The number of nitrogens with zero attached hydrogens (tertiary/aromatic N) is 3. The summed E-state index contributed by atoms with van der Waals surface area (Å²) in [6.45, 7) is 27.9. The number of aromatic nitrogens is 3. The first kappa shape index (κ1) is 48.7. The van der Waals surface area contributed by atoms with Crippen LogP contribution in [0.3, 0.4) is 0 Å². The zero-order valence-electron chi connectivity index (χ0n) is 41.2. The Bertz CT molecular complexity index is 2940. The van der Waals surface area contributed by atoms with E-state index in [2.05, 4.69) is 220 Å². The van der Waals surface area contributed by atoms with Crippen molar-refractivity contribution in [3.8, 4) is 50.6 Å². The molecule has 0 N–H and O–H groups in total. The third-order valence-corrected chi connectivity index (χ3v) is 15.7. The van der Waals surface area contributed by atoms with Gasteiger partial charge in [0.15, 0.2) is 0 Å². The fourth-order valence-electron chi connectivity index (χ4n) is 10.5. The van der Waals surface area contributed by atoms with Gasteiger partial charge in [0, 0.05) is 32.0 Å². The Morgan fingerprint density at radius 1 is 0.682 bits per heavy atom. The summed E-state index contributed by atoms with van der Waals surface area (Å²) in [5.41, 5.74) is 20.1. The molecule has 0 amide bonds. The van der Waals surface area contributed by atoms with Gasteiger partial charge in [0.1, 0.15) is 0 Å². The molecule has 9 rings (SSSR count). The number of hydrogen-bond donors (Lipinski definition) is 0. The second-order valence-corrected chi connectivity index (χ2v) is 25.3. The van der Waals surface area contributed by atoms with Crippen LogP contribution < -0.4 is 5.19 Å². The molecule has 341 valence electrons. The van der Waals surface area contributed by atoms with Gasteiger partial charge in [0.2, 0.25) is 0 Å². The maximum atomic E-state index is 5.29. The summed E-state index contributed by atoms with van der Waals surface area (Å²) in [6, 6.07) is 53.1. The van der Waals surface area contributed by atoms with Crippen molar-refractivity contribution in [3.05, 3.63) is 179 Å². The zero-order valence-corrected chi connectivity index (χ0v) is 44.6. The molecule has 0 bridgehead atoms. The maximum Gasteiger partial charge on any atom is 0.0798 e. The second kappa shape index (κ2) is 20.0. The molecule has 1 aliphatic rings. The number of hydrogen-bond acceptors (Lipinski definition) is 2. The molecule has 0 spiro atoms. The van der Waals surface area contributed by atoms with E-state index in [1.807, 2.05) is 12.1 Å². The van der Waals surface area contributed by atoms with Crippen LogP contribution in [0.1, 0.15) is 113 Å². The standard InChI is InChI=1S/C37H39N2.C24H28NSi.Ir/c1-8-37(9-2)31-18-11-10-15-29(31)30-22-26(21-25(7)34(30)37)36-38-32-19-12-13-20-33(32)39(36)35-27(23(3)4)16-14-17-28(35)24(5)6;1-18(2)14-22-16-23(25-17-24(22)26(3,4)5)21-13-9-12-20(15-21)19-10-7-6-8-11-19;/h10-20,22-24H,8-9H2,1-7H3;6-12,15-18H,14H2,1-5H3;/q2*-1;.